The van der Waals surface area contributed by atoms with Crippen LogP contribution in [0, 0.1) is 6.92 Å². The van der Waals surface area contributed by atoms with Crippen LogP contribution in [0.25, 0.3) is 0 Å². The number of anilines is 1. The molecule has 0 atom stereocenters. The second-order valence-electron chi connectivity index (χ2n) is 5.14. The number of rotatable bonds is 7. The number of hydrogen-bond acceptors (Lipinski definition) is 3. The van der Waals surface area contributed by atoms with Gasteiger partial charge in [0, 0.05) is 31.2 Å². The summed E-state index contributed by atoms with van der Waals surface area (Å²) in [5.74, 6) is 1.08. The third-order valence-corrected chi connectivity index (χ3v) is 3.42. The Hall–Kier alpha value is -2.30. The number of nitrogens with zero attached hydrogens (tertiary/aromatic N) is 2. The fourth-order valence-electron chi connectivity index (χ4n) is 2.16. The largest absolute Gasteiger partial charge is 0.399 e. The molecule has 0 aliphatic carbocycles. The Bertz CT molecular complexity index is 574. The van der Waals surface area contributed by atoms with Crippen molar-refractivity contribution in [3.63, 3.8) is 0 Å². The van der Waals surface area contributed by atoms with Gasteiger partial charge in [-0.05, 0) is 37.5 Å². The molecule has 0 spiro atoms. The van der Waals surface area contributed by atoms with Gasteiger partial charge in [-0.25, -0.2) is 4.98 Å². The molecule has 0 aliphatic heterocycles. The number of benzene rings is 1. The van der Waals surface area contributed by atoms with E-state index in [0.29, 0.717) is 18.7 Å². The van der Waals surface area contributed by atoms with Crippen molar-refractivity contribution in [1.82, 2.24) is 14.9 Å². The number of nitrogens with one attached hydrogen (secondary N) is 1. The predicted molar refractivity (Wildman–Crippen MR) is 83.8 cm³/mol. The minimum Gasteiger partial charge on any atom is -0.399 e. The van der Waals surface area contributed by atoms with Crippen molar-refractivity contribution in [2.75, 3.05) is 12.3 Å². The topological polar surface area (TPSA) is 72.9 Å². The Morgan fingerprint density at radius 1 is 1.29 bits per heavy atom. The monoisotopic (exact) mass is 286 g/mol. The van der Waals surface area contributed by atoms with Crippen molar-refractivity contribution >= 4 is 11.6 Å². The number of carbonyl (C=O) groups excluding carboxylic acids is 1. The number of aromatic nitrogens is 2. The highest BCUT2D eigenvalue weighted by molar-refractivity contribution is 5.78. The van der Waals surface area contributed by atoms with E-state index in [-0.39, 0.29) is 5.91 Å². The average Bonchev–Trinajstić information content (AvgIpc) is 2.87. The molecule has 1 aromatic carbocycles. The molecule has 2 rings (SSSR count). The van der Waals surface area contributed by atoms with Crippen LogP contribution in [0.5, 0.6) is 0 Å². The van der Waals surface area contributed by atoms with Crippen LogP contribution in [0.4, 0.5) is 5.69 Å². The number of carbonyl (C=O) groups is 1. The maximum atomic E-state index is 11.8. The van der Waals surface area contributed by atoms with Crippen molar-refractivity contribution in [3.05, 3.63) is 48.0 Å². The van der Waals surface area contributed by atoms with Crippen molar-refractivity contribution in [2.24, 2.45) is 0 Å². The molecule has 3 N–H and O–H groups in total. The molecule has 0 fully saturated rings. The van der Waals surface area contributed by atoms with Gasteiger partial charge in [-0.3, -0.25) is 4.79 Å². The lowest BCUT2D eigenvalue weighted by molar-refractivity contribution is -0.120. The highest BCUT2D eigenvalue weighted by atomic mass is 16.1. The Balaban J connectivity index is 1.61. The molecule has 2 aromatic rings. The number of nitrogens with two attached hydrogens (primary N) is 1. The lowest BCUT2D eigenvalue weighted by Crippen LogP contribution is -2.26. The lowest BCUT2D eigenvalue weighted by atomic mass is 10.1. The molecular weight excluding hydrogens is 264 g/mol. The highest BCUT2D eigenvalue weighted by Gasteiger charge is 2.03. The van der Waals surface area contributed by atoms with Gasteiger partial charge in [0.05, 0.1) is 6.42 Å². The van der Waals surface area contributed by atoms with Crippen molar-refractivity contribution in [3.8, 4) is 0 Å². The Morgan fingerprint density at radius 2 is 2.05 bits per heavy atom. The lowest BCUT2D eigenvalue weighted by Gasteiger charge is -2.07. The quantitative estimate of drug-likeness (QED) is 0.603. The summed E-state index contributed by atoms with van der Waals surface area (Å²) in [6.07, 6.45) is 6.18. The van der Waals surface area contributed by atoms with Crippen molar-refractivity contribution in [2.45, 2.75) is 32.7 Å². The van der Waals surface area contributed by atoms with Crippen LogP contribution >= 0.6 is 0 Å². The van der Waals surface area contributed by atoms with Gasteiger partial charge in [0.1, 0.15) is 5.82 Å². The second kappa shape index (κ2) is 7.47. The SMILES string of the molecule is Cc1nccn1CCCCNC(=O)Cc1ccc(N)cc1. The minimum atomic E-state index is 0.0542. The molecule has 0 bridgehead atoms. The zero-order chi connectivity index (χ0) is 15.1. The van der Waals surface area contributed by atoms with E-state index in [1.165, 1.54) is 0 Å². The van der Waals surface area contributed by atoms with Crippen LogP contribution in [-0.2, 0) is 17.8 Å². The second-order valence-corrected chi connectivity index (χ2v) is 5.14. The summed E-state index contributed by atoms with van der Waals surface area (Å²) >= 11 is 0. The number of imidazole rings is 1. The molecule has 0 saturated carbocycles. The molecular formula is C16H22N4O. The number of nitrogen functional groups attached to an aromatic ring is 1. The molecule has 5 heteroatoms. The molecule has 1 amide bonds. The standard InChI is InChI=1S/C16H22N4O/c1-13-18-9-11-20(13)10-3-2-8-19-16(21)12-14-4-6-15(17)7-5-14/h4-7,9,11H,2-3,8,10,12,17H2,1H3,(H,19,21). The van der Waals surface area contributed by atoms with Crippen molar-refractivity contribution in [1.29, 1.82) is 0 Å². The van der Waals surface area contributed by atoms with E-state index in [0.717, 1.165) is 30.8 Å². The van der Waals surface area contributed by atoms with Crippen LogP contribution in [-0.4, -0.2) is 22.0 Å². The summed E-state index contributed by atoms with van der Waals surface area (Å²) in [5, 5.41) is 2.95. The van der Waals surface area contributed by atoms with Gasteiger partial charge in [-0.15, -0.1) is 0 Å². The zero-order valence-electron chi connectivity index (χ0n) is 12.4. The van der Waals surface area contributed by atoms with Gasteiger partial charge < -0.3 is 15.6 Å². The molecule has 0 saturated heterocycles. The Kier molecular flexibility index (Phi) is 5.37. The molecule has 5 nitrogen and oxygen atoms in total. The number of amides is 1. The minimum absolute atomic E-state index is 0.0542. The first-order valence-corrected chi connectivity index (χ1v) is 7.24. The Morgan fingerprint density at radius 3 is 2.71 bits per heavy atom. The van der Waals surface area contributed by atoms with E-state index in [2.05, 4.69) is 14.9 Å². The Labute approximate surface area is 125 Å². The third-order valence-electron chi connectivity index (χ3n) is 3.42. The average molecular weight is 286 g/mol. The number of unbranched alkanes of at least 4 members (excludes halogenated alkanes) is 1. The van der Waals surface area contributed by atoms with E-state index in [1.54, 1.807) is 0 Å². The van der Waals surface area contributed by atoms with Crippen LogP contribution in [0.2, 0.25) is 0 Å². The first-order chi connectivity index (χ1) is 10.1. The first kappa shape index (κ1) is 15.1. The van der Waals surface area contributed by atoms with E-state index in [4.69, 9.17) is 5.73 Å². The summed E-state index contributed by atoms with van der Waals surface area (Å²) in [7, 11) is 0. The molecule has 0 unspecified atom stereocenters. The first-order valence-electron chi connectivity index (χ1n) is 7.24. The zero-order valence-corrected chi connectivity index (χ0v) is 12.4. The van der Waals surface area contributed by atoms with Crippen LogP contribution in [0.3, 0.4) is 0 Å². The van der Waals surface area contributed by atoms with E-state index in [1.807, 2.05) is 43.6 Å². The van der Waals surface area contributed by atoms with E-state index in [9.17, 15) is 4.79 Å². The highest BCUT2D eigenvalue weighted by Crippen LogP contribution is 2.06. The molecule has 1 heterocycles. The van der Waals surface area contributed by atoms with Crippen LogP contribution in [0.15, 0.2) is 36.7 Å². The summed E-state index contributed by atoms with van der Waals surface area (Å²) in [6.45, 7) is 3.65. The van der Waals surface area contributed by atoms with Crippen LogP contribution < -0.4 is 11.1 Å². The summed E-state index contributed by atoms with van der Waals surface area (Å²) in [4.78, 5) is 16.0. The number of hydrogen-bond donors (Lipinski definition) is 2. The van der Waals surface area contributed by atoms with Crippen molar-refractivity contribution < 1.29 is 4.79 Å². The van der Waals surface area contributed by atoms with E-state index >= 15 is 0 Å². The van der Waals surface area contributed by atoms with Gasteiger partial charge in [-0.2, -0.15) is 0 Å². The molecule has 1 aromatic heterocycles. The van der Waals surface area contributed by atoms with E-state index < -0.39 is 0 Å². The maximum absolute atomic E-state index is 11.8. The van der Waals surface area contributed by atoms with Gasteiger partial charge in [0.25, 0.3) is 0 Å². The smallest absolute Gasteiger partial charge is 0.224 e. The van der Waals surface area contributed by atoms with Gasteiger partial charge >= 0.3 is 0 Å². The third kappa shape index (κ3) is 4.95. The molecule has 112 valence electrons. The van der Waals surface area contributed by atoms with Crippen LogP contribution in [0.1, 0.15) is 24.2 Å². The summed E-state index contributed by atoms with van der Waals surface area (Å²) in [5.41, 5.74) is 7.31. The molecule has 0 aliphatic rings. The summed E-state index contributed by atoms with van der Waals surface area (Å²) in [6, 6.07) is 7.40. The molecule has 21 heavy (non-hydrogen) atoms. The maximum Gasteiger partial charge on any atom is 0.224 e. The fraction of sp³-hybridized carbons (Fsp3) is 0.375. The molecule has 0 radical (unpaired) electrons. The fourth-order valence-corrected chi connectivity index (χ4v) is 2.16. The normalized spacial score (nSPS) is 10.5. The predicted octanol–water partition coefficient (Wildman–Crippen LogP) is 1.91. The summed E-state index contributed by atoms with van der Waals surface area (Å²) < 4.78 is 2.12. The van der Waals surface area contributed by atoms with Gasteiger partial charge in [-0.1, -0.05) is 12.1 Å². The van der Waals surface area contributed by atoms with Gasteiger partial charge in [0.2, 0.25) is 5.91 Å². The van der Waals surface area contributed by atoms with Gasteiger partial charge in [0.15, 0.2) is 0 Å². The number of aryl methyl sites for hydroxylation is 2.